The Balaban J connectivity index is 1.61. The molecule has 0 radical (unpaired) electrons. The van der Waals surface area contributed by atoms with Crippen molar-refractivity contribution in [2.45, 2.75) is 6.42 Å². The maximum atomic E-state index is 10.4. The maximum Gasteiger partial charge on any atom is 0.119 e. The first-order valence-electron chi connectivity index (χ1n) is 7.95. The van der Waals surface area contributed by atoms with E-state index in [0.717, 1.165) is 23.1 Å². The van der Waals surface area contributed by atoms with Crippen molar-refractivity contribution in [3.05, 3.63) is 88.8 Å². The molecule has 3 rings (SSSR count). The Morgan fingerprint density at radius 2 is 1.64 bits per heavy atom. The molecule has 4 nitrogen and oxygen atoms in total. The Kier molecular flexibility index (Phi) is 5.18. The smallest absolute Gasteiger partial charge is 0.119 e. The van der Waals surface area contributed by atoms with Gasteiger partial charge in [-0.1, -0.05) is 42.5 Å². The van der Waals surface area contributed by atoms with Gasteiger partial charge in [0.15, 0.2) is 0 Å². The third-order valence-electron chi connectivity index (χ3n) is 3.91. The van der Waals surface area contributed by atoms with E-state index in [1.54, 1.807) is 24.3 Å². The van der Waals surface area contributed by atoms with Gasteiger partial charge >= 0.3 is 0 Å². The van der Waals surface area contributed by atoms with Gasteiger partial charge in [-0.25, -0.2) is 0 Å². The molecule has 0 fully saturated rings. The third kappa shape index (κ3) is 4.10. The third-order valence-corrected chi connectivity index (χ3v) is 3.91. The van der Waals surface area contributed by atoms with Crippen LogP contribution in [0.15, 0.2) is 78.0 Å². The van der Waals surface area contributed by atoms with E-state index < -0.39 is 0 Å². The van der Waals surface area contributed by atoms with Crippen LogP contribution in [0.1, 0.15) is 11.1 Å². The fraction of sp³-hybridized carbons (Fsp3) is 0.0952. The van der Waals surface area contributed by atoms with E-state index in [2.05, 4.69) is 11.2 Å². The van der Waals surface area contributed by atoms with Crippen LogP contribution in [0, 0.1) is 16.2 Å². The molecule has 0 atom stereocenters. The molecule has 122 valence electrons. The van der Waals surface area contributed by atoms with E-state index in [9.17, 15) is 10.2 Å². The summed E-state index contributed by atoms with van der Waals surface area (Å²) in [6.07, 6.45) is 0.772. The second-order valence-corrected chi connectivity index (χ2v) is 5.54. The molecular formula is C21H16N2O2. The van der Waals surface area contributed by atoms with Gasteiger partial charge in [0.2, 0.25) is 0 Å². The fourth-order valence-electron chi connectivity index (χ4n) is 2.57. The van der Waals surface area contributed by atoms with Crippen molar-refractivity contribution in [2.75, 3.05) is 6.61 Å². The summed E-state index contributed by atoms with van der Waals surface area (Å²) >= 11 is 0. The molecule has 0 unspecified atom stereocenters. The van der Waals surface area contributed by atoms with Crippen LogP contribution in [0.25, 0.3) is 11.1 Å². The Morgan fingerprint density at radius 3 is 2.32 bits per heavy atom. The minimum atomic E-state index is 0.389. The number of rotatable bonds is 6. The van der Waals surface area contributed by atoms with Crippen molar-refractivity contribution in [1.82, 2.24) is 0 Å². The molecule has 0 saturated carbocycles. The van der Waals surface area contributed by atoms with Crippen LogP contribution in [0.2, 0.25) is 0 Å². The van der Waals surface area contributed by atoms with Crippen LogP contribution in [0.4, 0.5) is 5.69 Å². The fourth-order valence-corrected chi connectivity index (χ4v) is 2.57. The number of nitriles is 1. The minimum absolute atomic E-state index is 0.389. The zero-order valence-electron chi connectivity index (χ0n) is 13.6. The zero-order valence-corrected chi connectivity index (χ0v) is 13.6. The van der Waals surface area contributed by atoms with Crippen molar-refractivity contribution in [3.8, 4) is 22.9 Å². The minimum Gasteiger partial charge on any atom is -0.493 e. The highest BCUT2D eigenvalue weighted by molar-refractivity contribution is 5.70. The molecule has 0 N–H and O–H groups in total. The first kappa shape index (κ1) is 16.4. The van der Waals surface area contributed by atoms with E-state index in [-0.39, 0.29) is 0 Å². The lowest BCUT2D eigenvalue weighted by Crippen LogP contribution is -2.01. The van der Waals surface area contributed by atoms with Crippen LogP contribution >= 0.6 is 0 Å². The molecule has 25 heavy (non-hydrogen) atoms. The average Bonchev–Trinajstić information content (AvgIpc) is 2.69. The van der Waals surface area contributed by atoms with Crippen molar-refractivity contribution < 1.29 is 4.74 Å². The van der Waals surface area contributed by atoms with Gasteiger partial charge in [-0.2, -0.15) is 5.26 Å². The molecule has 3 aromatic carbocycles. The van der Waals surface area contributed by atoms with Gasteiger partial charge < -0.3 is 4.74 Å². The van der Waals surface area contributed by atoms with Gasteiger partial charge in [0.05, 0.1) is 18.2 Å². The van der Waals surface area contributed by atoms with E-state index in [1.165, 1.54) is 0 Å². The predicted molar refractivity (Wildman–Crippen MR) is 97.7 cm³/mol. The maximum absolute atomic E-state index is 10.4. The quantitative estimate of drug-likeness (QED) is 0.581. The normalized spacial score (nSPS) is 10.0. The van der Waals surface area contributed by atoms with Crippen LogP contribution < -0.4 is 4.74 Å². The van der Waals surface area contributed by atoms with E-state index in [4.69, 9.17) is 4.74 Å². The number of nitroso groups, excluding NO2 is 1. The molecule has 0 amide bonds. The second kappa shape index (κ2) is 7.89. The summed E-state index contributed by atoms with van der Waals surface area (Å²) in [6.45, 7) is 0.544. The van der Waals surface area contributed by atoms with Crippen LogP contribution in [-0.4, -0.2) is 6.61 Å². The highest BCUT2D eigenvalue weighted by Crippen LogP contribution is 2.24. The average molecular weight is 328 g/mol. The molecular weight excluding hydrogens is 312 g/mol. The highest BCUT2D eigenvalue weighted by atomic mass is 16.5. The van der Waals surface area contributed by atoms with Gasteiger partial charge in [-0.15, -0.1) is 4.91 Å². The van der Waals surface area contributed by atoms with Crippen molar-refractivity contribution >= 4 is 5.69 Å². The van der Waals surface area contributed by atoms with Gasteiger partial charge in [-0.05, 0) is 52.2 Å². The van der Waals surface area contributed by atoms with Crippen molar-refractivity contribution in [1.29, 1.82) is 5.26 Å². The first-order valence-corrected chi connectivity index (χ1v) is 7.95. The molecule has 0 saturated heterocycles. The summed E-state index contributed by atoms with van der Waals surface area (Å²) in [4.78, 5) is 10.4. The van der Waals surface area contributed by atoms with E-state index in [1.807, 2.05) is 48.5 Å². The topological polar surface area (TPSA) is 62.4 Å². The summed E-state index contributed by atoms with van der Waals surface area (Å²) in [7, 11) is 0. The summed E-state index contributed by atoms with van der Waals surface area (Å²) in [6, 6.07) is 24.7. The van der Waals surface area contributed by atoms with Crippen LogP contribution in [-0.2, 0) is 6.42 Å². The lowest BCUT2D eigenvalue weighted by atomic mass is 9.99. The molecule has 0 aliphatic carbocycles. The Hall–Kier alpha value is -3.45. The number of nitrogens with zero attached hydrogens (tertiary/aromatic N) is 2. The Morgan fingerprint density at radius 1 is 0.920 bits per heavy atom. The zero-order chi connectivity index (χ0) is 17.5. The summed E-state index contributed by atoms with van der Waals surface area (Å²) < 4.78 is 5.67. The molecule has 0 heterocycles. The Bertz CT molecular complexity index is 894. The van der Waals surface area contributed by atoms with Crippen molar-refractivity contribution in [3.63, 3.8) is 0 Å². The van der Waals surface area contributed by atoms with Gasteiger partial charge in [0.25, 0.3) is 0 Å². The second-order valence-electron chi connectivity index (χ2n) is 5.54. The van der Waals surface area contributed by atoms with E-state index >= 15 is 0 Å². The van der Waals surface area contributed by atoms with Crippen LogP contribution in [0.3, 0.4) is 0 Å². The largest absolute Gasteiger partial charge is 0.493 e. The molecule has 0 aliphatic rings. The first-order chi connectivity index (χ1) is 12.3. The van der Waals surface area contributed by atoms with E-state index in [0.29, 0.717) is 23.6 Å². The number of ether oxygens (including phenoxy) is 1. The van der Waals surface area contributed by atoms with Gasteiger partial charge in [0, 0.05) is 6.42 Å². The molecule has 3 aromatic rings. The summed E-state index contributed by atoms with van der Waals surface area (Å²) in [5.74, 6) is 0.715. The predicted octanol–water partition coefficient (Wildman–Crippen LogP) is 5.24. The molecule has 0 bridgehead atoms. The lowest BCUT2D eigenvalue weighted by Gasteiger charge is -2.08. The van der Waals surface area contributed by atoms with Gasteiger partial charge in [0.1, 0.15) is 11.4 Å². The van der Waals surface area contributed by atoms with Gasteiger partial charge in [-0.3, -0.25) is 0 Å². The van der Waals surface area contributed by atoms with Crippen LogP contribution in [0.5, 0.6) is 5.75 Å². The Labute approximate surface area is 146 Å². The SMILES string of the molecule is N#Cc1ccccc1-c1ccc(CCOc2ccc(N=O)cc2)cc1. The lowest BCUT2D eigenvalue weighted by molar-refractivity contribution is 0.322. The van der Waals surface area contributed by atoms with Crippen molar-refractivity contribution in [2.24, 2.45) is 5.18 Å². The monoisotopic (exact) mass is 328 g/mol. The number of hydrogen-bond donors (Lipinski definition) is 0. The standard InChI is InChI=1S/C21H16N2O2/c22-15-18-3-1-2-4-21(18)17-7-5-16(6-8-17)13-14-25-20-11-9-19(23-24)10-12-20/h1-12H,13-14H2. The number of benzene rings is 3. The molecule has 0 aliphatic heterocycles. The molecule has 0 spiro atoms. The number of hydrogen-bond acceptors (Lipinski definition) is 4. The summed E-state index contributed by atoms with van der Waals surface area (Å²) in [5, 5.41) is 12.1. The molecule has 0 aromatic heterocycles. The molecule has 4 heteroatoms. The highest BCUT2D eigenvalue weighted by Gasteiger charge is 2.04. The summed E-state index contributed by atoms with van der Waals surface area (Å²) in [5.41, 5.74) is 4.19.